The van der Waals surface area contributed by atoms with Crippen LogP contribution in [0.2, 0.25) is 0 Å². The molecule has 6 heteroatoms. The summed E-state index contributed by atoms with van der Waals surface area (Å²) in [5, 5.41) is 14.9. The second-order valence-corrected chi connectivity index (χ2v) is 9.32. The van der Waals surface area contributed by atoms with E-state index in [2.05, 4.69) is 52.5 Å². The molecule has 0 spiro atoms. The maximum Gasteiger partial charge on any atom is 0.357 e. The summed E-state index contributed by atoms with van der Waals surface area (Å²) >= 11 is 0. The van der Waals surface area contributed by atoms with Gasteiger partial charge in [0.15, 0.2) is 5.71 Å². The normalized spacial score (nSPS) is 15.9. The number of carbonyl (C=O) groups is 2. The Kier molecular flexibility index (Phi) is 6.06. The zero-order chi connectivity index (χ0) is 26.1. The Morgan fingerprint density at radius 1 is 0.816 bits per heavy atom. The number of nitrogens with zero attached hydrogens (tertiary/aromatic N) is 3. The summed E-state index contributed by atoms with van der Waals surface area (Å²) in [4.78, 5) is 27.3. The smallest absolute Gasteiger partial charge is 0.357 e. The van der Waals surface area contributed by atoms with E-state index in [1.54, 1.807) is 30.3 Å². The molecule has 6 rings (SSSR count). The molecule has 38 heavy (non-hydrogen) atoms. The Morgan fingerprint density at radius 3 is 2.16 bits per heavy atom. The molecule has 0 aliphatic carbocycles. The molecule has 186 valence electrons. The Hall–Kier alpha value is -4.97. The van der Waals surface area contributed by atoms with E-state index < -0.39 is 11.9 Å². The summed E-state index contributed by atoms with van der Waals surface area (Å²) in [6.45, 7) is 1.00. The van der Waals surface area contributed by atoms with Gasteiger partial charge in [0.05, 0.1) is 11.3 Å². The van der Waals surface area contributed by atoms with Crippen LogP contribution < -0.4 is 9.91 Å². The lowest BCUT2D eigenvalue weighted by atomic mass is 9.95. The van der Waals surface area contributed by atoms with Crippen LogP contribution in [0, 0.1) is 0 Å². The number of hydrogen-bond acceptors (Lipinski definition) is 4. The van der Waals surface area contributed by atoms with Crippen LogP contribution in [0.4, 0.5) is 17.1 Å². The number of para-hydroxylation sites is 2. The van der Waals surface area contributed by atoms with E-state index in [-0.39, 0.29) is 11.3 Å². The van der Waals surface area contributed by atoms with Crippen LogP contribution in [-0.2, 0) is 16.0 Å². The summed E-state index contributed by atoms with van der Waals surface area (Å²) in [6.07, 6.45) is 3.72. The summed E-state index contributed by atoms with van der Waals surface area (Å²) in [5.41, 5.74) is 7.00. The van der Waals surface area contributed by atoms with Crippen molar-refractivity contribution in [1.29, 1.82) is 0 Å². The summed E-state index contributed by atoms with van der Waals surface area (Å²) in [6, 6.07) is 33.7. The first kappa shape index (κ1) is 23.4. The Balaban J connectivity index is 1.27. The molecule has 4 aromatic rings. The number of fused-ring (bicyclic) bond motifs is 1. The molecule has 0 atom stereocenters. The maximum absolute atomic E-state index is 13.1. The third-order valence-electron chi connectivity index (χ3n) is 6.90. The van der Waals surface area contributed by atoms with Crippen LogP contribution in [-0.4, -0.2) is 29.2 Å². The van der Waals surface area contributed by atoms with Gasteiger partial charge in [-0.25, -0.2) is 4.79 Å². The van der Waals surface area contributed by atoms with Gasteiger partial charge < -0.3 is 10.0 Å². The van der Waals surface area contributed by atoms with Crippen LogP contribution >= 0.6 is 0 Å². The first-order valence-electron chi connectivity index (χ1n) is 12.6. The lowest BCUT2D eigenvalue weighted by Crippen LogP contribution is -2.24. The lowest BCUT2D eigenvalue weighted by molar-refractivity contribution is -0.129. The van der Waals surface area contributed by atoms with Gasteiger partial charge in [0.2, 0.25) is 0 Å². The van der Waals surface area contributed by atoms with Gasteiger partial charge in [0.25, 0.3) is 5.91 Å². The fourth-order valence-corrected chi connectivity index (χ4v) is 5.04. The number of aryl methyl sites for hydroxylation is 1. The lowest BCUT2D eigenvalue weighted by Gasteiger charge is -2.31. The highest BCUT2D eigenvalue weighted by atomic mass is 16.4. The van der Waals surface area contributed by atoms with Gasteiger partial charge >= 0.3 is 5.97 Å². The molecule has 2 aliphatic rings. The summed E-state index contributed by atoms with van der Waals surface area (Å²) < 4.78 is 0. The van der Waals surface area contributed by atoms with Gasteiger partial charge in [-0.3, -0.25) is 4.79 Å². The number of hydrazone groups is 1. The average molecular weight is 500 g/mol. The van der Waals surface area contributed by atoms with Gasteiger partial charge in [-0.2, -0.15) is 10.1 Å². The number of benzene rings is 4. The molecule has 0 saturated carbocycles. The van der Waals surface area contributed by atoms with Gasteiger partial charge in [-0.15, -0.1) is 0 Å². The molecule has 0 saturated heterocycles. The molecule has 1 N–H and O–H groups in total. The average Bonchev–Trinajstić information content (AvgIpc) is 3.29. The van der Waals surface area contributed by atoms with E-state index in [0.29, 0.717) is 5.69 Å². The molecule has 0 radical (unpaired) electrons. The van der Waals surface area contributed by atoms with Crippen molar-refractivity contribution in [2.24, 2.45) is 5.10 Å². The fraction of sp³-hybridized carbons (Fsp3) is 0.0938. The molecule has 1 amide bonds. The van der Waals surface area contributed by atoms with Crippen molar-refractivity contribution in [1.82, 2.24) is 0 Å². The van der Waals surface area contributed by atoms with Crippen molar-refractivity contribution in [3.8, 4) is 11.1 Å². The summed E-state index contributed by atoms with van der Waals surface area (Å²) in [5.74, 6) is -1.70. The first-order valence-corrected chi connectivity index (χ1v) is 12.6. The van der Waals surface area contributed by atoms with Crippen LogP contribution in [0.5, 0.6) is 0 Å². The number of carbonyl (C=O) groups excluding carboxylic acids is 1. The molecule has 0 unspecified atom stereocenters. The highest BCUT2D eigenvalue weighted by Gasteiger charge is 2.35. The Bertz CT molecular complexity index is 1580. The van der Waals surface area contributed by atoms with Crippen LogP contribution in [0.25, 0.3) is 17.2 Å². The number of amides is 1. The van der Waals surface area contributed by atoms with Crippen LogP contribution in [0.15, 0.2) is 114 Å². The minimum absolute atomic E-state index is 0.0592. The van der Waals surface area contributed by atoms with Crippen molar-refractivity contribution < 1.29 is 14.7 Å². The standard InChI is InChI=1S/C32H25N3O3/c36-31-28(30(32(37)38)33-35(31)27-11-5-2-6-12-27)20-22-13-15-23(16-14-22)24-17-18-29-25(21-24)8-7-19-34(29)26-9-3-1-4-10-26/h1-6,9-18,20-21H,7-8,19H2,(H,37,38)/b28-20-. The zero-order valence-electron chi connectivity index (χ0n) is 20.6. The van der Waals surface area contributed by atoms with Crippen molar-refractivity contribution in [2.75, 3.05) is 16.5 Å². The molecular weight excluding hydrogens is 474 g/mol. The van der Waals surface area contributed by atoms with Crippen molar-refractivity contribution in [3.63, 3.8) is 0 Å². The van der Waals surface area contributed by atoms with E-state index in [1.165, 1.54) is 16.9 Å². The van der Waals surface area contributed by atoms with Crippen LogP contribution in [0.3, 0.4) is 0 Å². The van der Waals surface area contributed by atoms with E-state index in [4.69, 9.17) is 0 Å². The minimum Gasteiger partial charge on any atom is -0.476 e. The summed E-state index contributed by atoms with van der Waals surface area (Å²) in [7, 11) is 0. The number of aliphatic carboxylic acids is 1. The van der Waals surface area contributed by atoms with Gasteiger partial charge in [0, 0.05) is 17.9 Å². The number of carboxylic acid groups (broad SMARTS) is 1. The van der Waals surface area contributed by atoms with E-state index >= 15 is 0 Å². The van der Waals surface area contributed by atoms with Gasteiger partial charge in [-0.05, 0) is 77.6 Å². The van der Waals surface area contributed by atoms with Crippen molar-refractivity contribution in [2.45, 2.75) is 12.8 Å². The molecular formula is C32H25N3O3. The molecule has 0 fully saturated rings. The second-order valence-electron chi connectivity index (χ2n) is 9.32. The highest BCUT2D eigenvalue weighted by molar-refractivity contribution is 6.53. The molecule has 2 heterocycles. The topological polar surface area (TPSA) is 73.2 Å². The molecule has 0 bridgehead atoms. The largest absolute Gasteiger partial charge is 0.476 e. The predicted octanol–water partition coefficient (Wildman–Crippen LogP) is 6.31. The maximum atomic E-state index is 13.1. The molecule has 4 aromatic carbocycles. The third-order valence-corrected chi connectivity index (χ3v) is 6.90. The molecule has 0 aromatic heterocycles. The predicted molar refractivity (Wildman–Crippen MR) is 151 cm³/mol. The van der Waals surface area contributed by atoms with Crippen LogP contribution in [0.1, 0.15) is 17.5 Å². The number of anilines is 3. The molecule has 6 nitrogen and oxygen atoms in total. The zero-order valence-corrected chi connectivity index (χ0v) is 20.6. The van der Waals surface area contributed by atoms with Gasteiger partial charge in [-0.1, -0.05) is 66.7 Å². The minimum atomic E-state index is -1.24. The van der Waals surface area contributed by atoms with Crippen molar-refractivity contribution in [3.05, 3.63) is 120 Å². The van der Waals surface area contributed by atoms with Crippen molar-refractivity contribution >= 4 is 40.7 Å². The van der Waals surface area contributed by atoms with Gasteiger partial charge in [0.1, 0.15) is 0 Å². The quantitative estimate of drug-likeness (QED) is 0.327. The Morgan fingerprint density at radius 2 is 1.47 bits per heavy atom. The van der Waals surface area contributed by atoms with E-state index in [9.17, 15) is 14.7 Å². The first-order chi connectivity index (χ1) is 18.6. The third kappa shape index (κ3) is 4.37. The highest BCUT2D eigenvalue weighted by Crippen LogP contribution is 2.36. The second kappa shape index (κ2) is 9.82. The van der Waals surface area contributed by atoms with E-state index in [0.717, 1.165) is 41.1 Å². The van der Waals surface area contributed by atoms with E-state index in [1.807, 2.05) is 36.4 Å². The number of rotatable bonds is 5. The number of hydrogen-bond donors (Lipinski definition) is 1. The number of carboxylic acids is 1. The SMILES string of the molecule is O=C(O)C1=NN(c2ccccc2)C(=O)/C1=C\c1ccc(-c2ccc3c(c2)CCCN3c2ccccc2)cc1. The molecule has 2 aliphatic heterocycles. The monoisotopic (exact) mass is 499 g/mol. The fourth-order valence-electron chi connectivity index (χ4n) is 5.04. The Labute approximate surface area is 220 Å².